The first kappa shape index (κ1) is 15.2. The van der Waals surface area contributed by atoms with E-state index in [-0.39, 0.29) is 23.4 Å². The van der Waals surface area contributed by atoms with Crippen molar-refractivity contribution in [3.63, 3.8) is 0 Å². The number of ether oxygens (including phenoxy) is 1. The predicted octanol–water partition coefficient (Wildman–Crippen LogP) is 1.63. The molecule has 0 aliphatic carbocycles. The SMILES string of the molecule is Cc1ccccc1C1CN(C(=O)c2cc(C(=O)O)[nH]n2)CCO1. The van der Waals surface area contributed by atoms with E-state index in [0.29, 0.717) is 19.7 Å². The minimum atomic E-state index is -1.14. The molecule has 0 spiro atoms. The first-order valence-electron chi connectivity index (χ1n) is 7.31. The lowest BCUT2D eigenvalue weighted by molar-refractivity contribution is -0.0232. The van der Waals surface area contributed by atoms with Crippen molar-refractivity contribution in [1.29, 1.82) is 0 Å². The number of aryl methyl sites for hydroxylation is 1. The molecule has 1 aliphatic rings. The Hall–Kier alpha value is -2.67. The number of rotatable bonds is 3. The van der Waals surface area contributed by atoms with Crippen LogP contribution in [0.2, 0.25) is 0 Å². The summed E-state index contributed by atoms with van der Waals surface area (Å²) in [6, 6.07) is 9.15. The number of nitrogens with zero attached hydrogens (tertiary/aromatic N) is 2. The summed E-state index contributed by atoms with van der Waals surface area (Å²) in [7, 11) is 0. The second-order valence-electron chi connectivity index (χ2n) is 5.44. The Kier molecular flexibility index (Phi) is 4.12. The van der Waals surface area contributed by atoms with Crippen molar-refractivity contribution in [3.05, 3.63) is 52.8 Å². The summed E-state index contributed by atoms with van der Waals surface area (Å²) in [5, 5.41) is 15.0. The Bertz CT molecular complexity index is 740. The van der Waals surface area contributed by atoms with E-state index >= 15 is 0 Å². The molecule has 1 atom stereocenters. The molecule has 0 bridgehead atoms. The van der Waals surface area contributed by atoms with Crippen molar-refractivity contribution in [2.75, 3.05) is 19.7 Å². The number of aromatic nitrogens is 2. The van der Waals surface area contributed by atoms with E-state index in [1.807, 2.05) is 31.2 Å². The number of aromatic amines is 1. The third kappa shape index (κ3) is 3.09. The number of hydrogen-bond acceptors (Lipinski definition) is 4. The lowest BCUT2D eigenvalue weighted by atomic mass is 10.0. The summed E-state index contributed by atoms with van der Waals surface area (Å²) in [5.41, 5.74) is 2.17. The van der Waals surface area contributed by atoms with Crippen molar-refractivity contribution in [1.82, 2.24) is 15.1 Å². The van der Waals surface area contributed by atoms with Gasteiger partial charge in [-0.2, -0.15) is 5.10 Å². The minimum Gasteiger partial charge on any atom is -0.477 e. The Morgan fingerprint density at radius 3 is 2.87 bits per heavy atom. The van der Waals surface area contributed by atoms with E-state index in [9.17, 15) is 9.59 Å². The topological polar surface area (TPSA) is 95.5 Å². The largest absolute Gasteiger partial charge is 0.477 e. The molecule has 120 valence electrons. The van der Waals surface area contributed by atoms with Crippen molar-refractivity contribution < 1.29 is 19.4 Å². The number of carbonyl (C=O) groups excluding carboxylic acids is 1. The summed E-state index contributed by atoms with van der Waals surface area (Å²) >= 11 is 0. The molecule has 23 heavy (non-hydrogen) atoms. The van der Waals surface area contributed by atoms with E-state index in [4.69, 9.17) is 9.84 Å². The molecule has 1 fully saturated rings. The second-order valence-corrected chi connectivity index (χ2v) is 5.44. The molecule has 7 nitrogen and oxygen atoms in total. The Morgan fingerprint density at radius 1 is 1.39 bits per heavy atom. The van der Waals surface area contributed by atoms with Crippen LogP contribution in [0.25, 0.3) is 0 Å². The molecular weight excluding hydrogens is 298 g/mol. The van der Waals surface area contributed by atoms with Crippen LogP contribution in [0.3, 0.4) is 0 Å². The predicted molar refractivity (Wildman–Crippen MR) is 81.3 cm³/mol. The number of H-pyrrole nitrogens is 1. The molecule has 7 heteroatoms. The number of carbonyl (C=O) groups is 2. The number of morpholine rings is 1. The maximum Gasteiger partial charge on any atom is 0.353 e. The van der Waals surface area contributed by atoms with Crippen molar-refractivity contribution in [2.24, 2.45) is 0 Å². The molecule has 1 saturated heterocycles. The van der Waals surface area contributed by atoms with Crippen molar-refractivity contribution in [2.45, 2.75) is 13.0 Å². The molecule has 1 aliphatic heterocycles. The fraction of sp³-hybridized carbons (Fsp3) is 0.312. The Morgan fingerprint density at radius 2 is 2.17 bits per heavy atom. The summed E-state index contributed by atoms with van der Waals surface area (Å²) in [4.78, 5) is 25.0. The normalized spacial score (nSPS) is 18.0. The summed E-state index contributed by atoms with van der Waals surface area (Å²) in [6.45, 7) is 3.31. The smallest absolute Gasteiger partial charge is 0.353 e. The Balaban J connectivity index is 1.76. The summed E-state index contributed by atoms with van der Waals surface area (Å²) in [5.74, 6) is -1.44. The third-order valence-electron chi connectivity index (χ3n) is 3.92. The van der Waals surface area contributed by atoms with Crippen LogP contribution in [0.4, 0.5) is 0 Å². The van der Waals surface area contributed by atoms with Gasteiger partial charge >= 0.3 is 5.97 Å². The summed E-state index contributed by atoms with van der Waals surface area (Å²) in [6.07, 6.45) is -0.188. The van der Waals surface area contributed by atoms with E-state index < -0.39 is 5.97 Å². The van der Waals surface area contributed by atoms with Crippen LogP contribution in [-0.2, 0) is 4.74 Å². The fourth-order valence-corrected chi connectivity index (χ4v) is 2.67. The van der Waals surface area contributed by atoms with Gasteiger partial charge in [-0.3, -0.25) is 9.89 Å². The van der Waals surface area contributed by atoms with E-state index in [1.165, 1.54) is 6.07 Å². The van der Waals surface area contributed by atoms with Crippen molar-refractivity contribution in [3.8, 4) is 0 Å². The number of aromatic carboxylic acids is 1. The van der Waals surface area contributed by atoms with Gasteiger partial charge < -0.3 is 14.7 Å². The summed E-state index contributed by atoms with van der Waals surface area (Å²) < 4.78 is 5.79. The van der Waals surface area contributed by atoms with Crippen LogP contribution in [0, 0.1) is 6.92 Å². The Labute approximate surface area is 132 Å². The molecule has 0 saturated carbocycles. The molecule has 2 aromatic rings. The molecule has 2 N–H and O–H groups in total. The number of nitrogens with one attached hydrogen (secondary N) is 1. The van der Waals surface area contributed by atoms with E-state index in [0.717, 1.165) is 11.1 Å². The van der Waals surface area contributed by atoms with Crippen LogP contribution in [0.5, 0.6) is 0 Å². The van der Waals surface area contributed by atoms with Gasteiger partial charge in [-0.1, -0.05) is 24.3 Å². The second kappa shape index (κ2) is 6.21. The average molecular weight is 315 g/mol. The first-order valence-corrected chi connectivity index (χ1v) is 7.31. The molecular formula is C16H17N3O4. The minimum absolute atomic E-state index is 0.0999. The molecule has 3 rings (SSSR count). The third-order valence-corrected chi connectivity index (χ3v) is 3.92. The van der Waals surface area contributed by atoms with Gasteiger partial charge in [-0.05, 0) is 18.1 Å². The standard InChI is InChI=1S/C16H17N3O4/c1-10-4-2-3-5-11(10)14-9-19(6-7-23-14)15(20)12-8-13(16(21)22)18-17-12/h2-5,8,14H,6-7,9H2,1H3,(H,17,18)(H,21,22). The zero-order valence-electron chi connectivity index (χ0n) is 12.7. The first-order chi connectivity index (χ1) is 11.1. The van der Waals surface area contributed by atoms with Gasteiger partial charge in [0.25, 0.3) is 5.91 Å². The monoisotopic (exact) mass is 315 g/mol. The van der Waals surface area contributed by atoms with Crippen LogP contribution in [0.15, 0.2) is 30.3 Å². The van der Waals surface area contributed by atoms with Gasteiger partial charge in [0.1, 0.15) is 11.8 Å². The lowest BCUT2D eigenvalue weighted by Crippen LogP contribution is -2.42. The average Bonchev–Trinajstić information content (AvgIpc) is 3.05. The molecule has 1 amide bonds. The highest BCUT2D eigenvalue weighted by atomic mass is 16.5. The molecule has 1 aromatic heterocycles. The highest BCUT2D eigenvalue weighted by Crippen LogP contribution is 2.25. The number of carboxylic acid groups (broad SMARTS) is 1. The zero-order valence-corrected chi connectivity index (χ0v) is 12.7. The number of amides is 1. The van der Waals surface area contributed by atoms with Crippen LogP contribution in [-0.4, -0.2) is 51.8 Å². The molecule has 2 heterocycles. The van der Waals surface area contributed by atoms with E-state index in [1.54, 1.807) is 4.90 Å². The number of hydrogen-bond donors (Lipinski definition) is 2. The van der Waals surface area contributed by atoms with Gasteiger partial charge in [-0.15, -0.1) is 0 Å². The van der Waals surface area contributed by atoms with Gasteiger partial charge in [0, 0.05) is 12.6 Å². The highest BCUT2D eigenvalue weighted by molar-refractivity contribution is 5.95. The van der Waals surface area contributed by atoms with Gasteiger partial charge in [0.05, 0.1) is 13.2 Å². The zero-order chi connectivity index (χ0) is 16.4. The maximum atomic E-state index is 12.5. The molecule has 1 aromatic carbocycles. The van der Waals surface area contributed by atoms with Crippen LogP contribution >= 0.6 is 0 Å². The lowest BCUT2D eigenvalue weighted by Gasteiger charge is -2.33. The highest BCUT2D eigenvalue weighted by Gasteiger charge is 2.28. The van der Waals surface area contributed by atoms with Crippen LogP contribution in [0.1, 0.15) is 38.2 Å². The quantitative estimate of drug-likeness (QED) is 0.897. The molecule has 0 radical (unpaired) electrons. The van der Waals surface area contributed by atoms with Crippen molar-refractivity contribution >= 4 is 11.9 Å². The van der Waals surface area contributed by atoms with Gasteiger partial charge in [0.15, 0.2) is 5.69 Å². The number of benzene rings is 1. The van der Waals surface area contributed by atoms with E-state index in [2.05, 4.69) is 10.2 Å². The fourth-order valence-electron chi connectivity index (χ4n) is 2.67. The number of carboxylic acids is 1. The molecule has 1 unspecified atom stereocenters. The maximum absolute atomic E-state index is 12.5. The van der Waals surface area contributed by atoms with Gasteiger partial charge in [0.2, 0.25) is 0 Å². The van der Waals surface area contributed by atoms with Gasteiger partial charge in [-0.25, -0.2) is 4.79 Å². The van der Waals surface area contributed by atoms with Crippen LogP contribution < -0.4 is 0 Å².